The van der Waals surface area contributed by atoms with Gasteiger partial charge in [-0.15, -0.1) is 0 Å². The van der Waals surface area contributed by atoms with Crippen LogP contribution in [-0.2, 0) is 11.0 Å². The van der Waals surface area contributed by atoms with Crippen molar-refractivity contribution in [2.75, 3.05) is 11.9 Å². The topological polar surface area (TPSA) is 62.2 Å². The Kier molecular flexibility index (Phi) is 4.39. The highest BCUT2D eigenvalue weighted by Gasteiger charge is 2.39. The molecule has 2 rings (SSSR count). The van der Waals surface area contributed by atoms with E-state index in [0.717, 1.165) is 37.6 Å². The number of rotatable bonds is 4. The molecule has 1 saturated carbocycles. The van der Waals surface area contributed by atoms with Crippen LogP contribution in [0.25, 0.3) is 0 Å². The van der Waals surface area contributed by atoms with Crippen LogP contribution >= 0.6 is 0 Å². The Morgan fingerprint density at radius 1 is 1.33 bits per heavy atom. The van der Waals surface area contributed by atoms with Gasteiger partial charge in [-0.25, -0.2) is 4.98 Å². The van der Waals surface area contributed by atoms with E-state index in [0.29, 0.717) is 12.8 Å². The zero-order valence-electron chi connectivity index (χ0n) is 11.4. The molecule has 1 aromatic heterocycles. The number of nitrogens with one attached hydrogen (secondary N) is 1. The molecule has 1 fully saturated rings. The third-order valence-corrected chi connectivity index (χ3v) is 3.96. The molecule has 1 aliphatic carbocycles. The molecule has 4 nitrogen and oxygen atoms in total. The molecule has 0 atom stereocenters. The second-order valence-electron chi connectivity index (χ2n) is 5.43. The number of carboxylic acid groups (broad SMARTS) is 1. The number of nitrogens with zero attached hydrogens (tertiary/aromatic N) is 1. The predicted octanol–water partition coefficient (Wildman–Crippen LogP) is 3.55. The summed E-state index contributed by atoms with van der Waals surface area (Å²) in [7, 11) is 0. The van der Waals surface area contributed by atoms with Crippen LogP contribution in [0.5, 0.6) is 0 Å². The van der Waals surface area contributed by atoms with Crippen molar-refractivity contribution in [1.82, 2.24) is 4.98 Å². The minimum Gasteiger partial charge on any atom is -0.481 e. The Bertz CT molecular complexity index is 511. The maximum atomic E-state index is 12.6. The number of aromatic nitrogens is 1. The molecule has 2 N–H and O–H groups in total. The van der Waals surface area contributed by atoms with Crippen molar-refractivity contribution in [2.45, 2.75) is 38.3 Å². The van der Waals surface area contributed by atoms with Crippen molar-refractivity contribution in [1.29, 1.82) is 0 Å². The van der Waals surface area contributed by atoms with Crippen molar-refractivity contribution in [3.8, 4) is 0 Å². The van der Waals surface area contributed by atoms with Crippen LogP contribution in [-0.4, -0.2) is 22.6 Å². The van der Waals surface area contributed by atoms with Gasteiger partial charge in [0.1, 0.15) is 5.82 Å². The highest BCUT2D eigenvalue weighted by Crippen LogP contribution is 2.37. The van der Waals surface area contributed by atoms with E-state index in [1.165, 1.54) is 0 Å². The summed E-state index contributed by atoms with van der Waals surface area (Å²) in [5.74, 6) is -0.849. The van der Waals surface area contributed by atoms with Gasteiger partial charge >= 0.3 is 12.1 Å². The Balaban J connectivity index is 2.09. The van der Waals surface area contributed by atoms with E-state index in [1.54, 1.807) is 0 Å². The summed E-state index contributed by atoms with van der Waals surface area (Å²) in [6, 6.07) is 1.79. The molecule has 0 amide bonds. The molecule has 0 unspecified atom stereocenters. The smallest absolute Gasteiger partial charge is 0.416 e. The van der Waals surface area contributed by atoms with Crippen LogP contribution in [0.3, 0.4) is 0 Å². The molecule has 0 radical (unpaired) electrons. The van der Waals surface area contributed by atoms with Gasteiger partial charge in [0.05, 0.1) is 11.0 Å². The lowest BCUT2D eigenvalue weighted by Crippen LogP contribution is -2.39. The number of carbonyl (C=O) groups is 1. The largest absolute Gasteiger partial charge is 0.481 e. The second kappa shape index (κ2) is 5.91. The van der Waals surface area contributed by atoms with Gasteiger partial charge in [-0.05, 0) is 25.0 Å². The molecule has 1 aliphatic rings. The maximum Gasteiger partial charge on any atom is 0.416 e. The molecule has 1 aromatic rings. The van der Waals surface area contributed by atoms with Crippen LogP contribution in [0.1, 0.15) is 37.7 Å². The summed E-state index contributed by atoms with van der Waals surface area (Å²) in [4.78, 5) is 15.3. The van der Waals surface area contributed by atoms with Crippen LogP contribution in [0.2, 0.25) is 0 Å². The summed E-state index contributed by atoms with van der Waals surface area (Å²) in [5, 5.41) is 12.2. The number of anilines is 1. The molecule has 0 bridgehead atoms. The minimum atomic E-state index is -4.44. The summed E-state index contributed by atoms with van der Waals surface area (Å²) in [5.41, 5.74) is -1.71. The molecule has 1 heterocycles. The fraction of sp³-hybridized carbons (Fsp3) is 0.571. The van der Waals surface area contributed by atoms with Gasteiger partial charge in [0, 0.05) is 12.7 Å². The fourth-order valence-corrected chi connectivity index (χ4v) is 2.66. The van der Waals surface area contributed by atoms with Crippen molar-refractivity contribution in [2.24, 2.45) is 5.41 Å². The standard InChI is InChI=1S/C14H17F3N2O2/c15-14(16,17)10-4-7-18-11(8-10)19-9-13(12(20)21)5-2-1-3-6-13/h4,7-8H,1-3,5-6,9H2,(H,18,19)(H,20,21). The zero-order chi connectivity index (χ0) is 15.5. The highest BCUT2D eigenvalue weighted by molar-refractivity contribution is 5.75. The molecular weight excluding hydrogens is 285 g/mol. The number of hydrogen-bond acceptors (Lipinski definition) is 3. The number of pyridine rings is 1. The number of halogens is 3. The maximum absolute atomic E-state index is 12.6. The summed E-state index contributed by atoms with van der Waals surface area (Å²) >= 11 is 0. The third-order valence-electron chi connectivity index (χ3n) is 3.96. The van der Waals surface area contributed by atoms with Gasteiger partial charge in [-0.3, -0.25) is 4.79 Å². The summed E-state index contributed by atoms with van der Waals surface area (Å²) in [6.07, 6.45) is 0.349. The van der Waals surface area contributed by atoms with Crippen LogP contribution < -0.4 is 5.32 Å². The molecule has 0 spiro atoms. The molecule has 0 aliphatic heterocycles. The molecule has 7 heteroatoms. The van der Waals surface area contributed by atoms with Crippen molar-refractivity contribution in [3.63, 3.8) is 0 Å². The molecule has 0 saturated heterocycles. The van der Waals surface area contributed by atoms with Crippen LogP contribution in [0, 0.1) is 5.41 Å². The highest BCUT2D eigenvalue weighted by atomic mass is 19.4. The number of aliphatic carboxylic acids is 1. The zero-order valence-corrected chi connectivity index (χ0v) is 11.4. The van der Waals surface area contributed by atoms with Gasteiger partial charge in [-0.1, -0.05) is 19.3 Å². The van der Waals surface area contributed by atoms with E-state index >= 15 is 0 Å². The first-order valence-corrected chi connectivity index (χ1v) is 6.84. The number of hydrogen-bond donors (Lipinski definition) is 2. The Labute approximate surface area is 120 Å². The second-order valence-corrected chi connectivity index (χ2v) is 5.43. The van der Waals surface area contributed by atoms with E-state index in [2.05, 4.69) is 10.3 Å². The van der Waals surface area contributed by atoms with Crippen molar-refractivity contribution < 1.29 is 23.1 Å². The summed E-state index contributed by atoms with van der Waals surface area (Å²) < 4.78 is 37.9. The van der Waals surface area contributed by atoms with E-state index in [-0.39, 0.29) is 12.4 Å². The Hall–Kier alpha value is -1.79. The molecule has 0 aromatic carbocycles. The average Bonchev–Trinajstić information content (AvgIpc) is 2.45. The Morgan fingerprint density at radius 3 is 2.57 bits per heavy atom. The van der Waals surface area contributed by atoms with E-state index in [1.807, 2.05) is 0 Å². The quantitative estimate of drug-likeness (QED) is 0.893. The lowest BCUT2D eigenvalue weighted by molar-refractivity contribution is -0.150. The monoisotopic (exact) mass is 302 g/mol. The van der Waals surface area contributed by atoms with Gasteiger partial charge in [0.2, 0.25) is 0 Å². The van der Waals surface area contributed by atoms with Crippen molar-refractivity contribution >= 4 is 11.8 Å². The van der Waals surface area contributed by atoms with Crippen LogP contribution in [0.15, 0.2) is 18.3 Å². The average molecular weight is 302 g/mol. The van der Waals surface area contributed by atoms with Crippen LogP contribution in [0.4, 0.5) is 19.0 Å². The number of alkyl halides is 3. The van der Waals surface area contributed by atoms with Gasteiger partial charge in [0.15, 0.2) is 0 Å². The molecule has 21 heavy (non-hydrogen) atoms. The van der Waals surface area contributed by atoms with Gasteiger partial charge < -0.3 is 10.4 Å². The van der Waals surface area contributed by atoms with E-state index in [4.69, 9.17) is 0 Å². The first-order chi connectivity index (χ1) is 9.83. The SMILES string of the molecule is O=C(O)C1(CNc2cc(C(F)(F)F)ccn2)CCCCC1. The minimum absolute atomic E-state index is 0.0519. The Morgan fingerprint density at radius 2 is 2.00 bits per heavy atom. The molecular formula is C14H17F3N2O2. The van der Waals surface area contributed by atoms with Gasteiger partial charge in [0.25, 0.3) is 0 Å². The van der Waals surface area contributed by atoms with E-state index < -0.39 is 23.1 Å². The molecule has 116 valence electrons. The van der Waals surface area contributed by atoms with Crippen molar-refractivity contribution in [3.05, 3.63) is 23.9 Å². The lowest BCUT2D eigenvalue weighted by Gasteiger charge is -2.33. The fourth-order valence-electron chi connectivity index (χ4n) is 2.66. The van der Waals surface area contributed by atoms with Gasteiger partial charge in [-0.2, -0.15) is 13.2 Å². The number of carboxylic acids is 1. The lowest BCUT2D eigenvalue weighted by atomic mass is 9.74. The first kappa shape index (κ1) is 15.6. The first-order valence-electron chi connectivity index (χ1n) is 6.84. The van der Waals surface area contributed by atoms with E-state index in [9.17, 15) is 23.1 Å². The third kappa shape index (κ3) is 3.65. The summed E-state index contributed by atoms with van der Waals surface area (Å²) in [6.45, 7) is 0.0939. The predicted molar refractivity (Wildman–Crippen MR) is 70.9 cm³/mol. The normalized spacial score (nSPS) is 18.2.